The lowest BCUT2D eigenvalue weighted by molar-refractivity contribution is -0.135. The predicted molar refractivity (Wildman–Crippen MR) is 117 cm³/mol. The van der Waals surface area contributed by atoms with Crippen LogP contribution in [0, 0.1) is 5.82 Å². The fraction of sp³-hybridized carbons (Fsp3) is 0.500. The molecule has 0 aliphatic carbocycles. The number of piperazine rings is 1. The van der Waals surface area contributed by atoms with Gasteiger partial charge in [0.15, 0.2) is 11.6 Å². The van der Waals surface area contributed by atoms with Gasteiger partial charge in [0.25, 0.3) is 0 Å². The van der Waals surface area contributed by atoms with Gasteiger partial charge in [0.1, 0.15) is 11.4 Å². The number of rotatable bonds is 6. The Labute approximate surface area is 181 Å². The SMILES string of the molecule is CCCN1CCN(C2=CC(C)(c3[nH]nc4cc(F)c(OC(C)C)cc34)N=CN2)CC1=O. The van der Waals surface area contributed by atoms with E-state index in [2.05, 4.69) is 27.4 Å². The van der Waals surface area contributed by atoms with Crippen molar-refractivity contribution in [3.05, 3.63) is 35.5 Å². The van der Waals surface area contributed by atoms with Crippen LogP contribution in [0.25, 0.3) is 10.9 Å². The lowest BCUT2D eigenvalue weighted by Crippen LogP contribution is -2.52. The molecular formula is C22H29FN6O2. The van der Waals surface area contributed by atoms with Gasteiger partial charge in [-0.15, -0.1) is 0 Å². The average Bonchev–Trinajstić information content (AvgIpc) is 3.13. The van der Waals surface area contributed by atoms with Crippen LogP contribution in [0.15, 0.2) is 29.0 Å². The number of benzene rings is 1. The average molecular weight is 429 g/mol. The number of hydrogen-bond acceptors (Lipinski definition) is 6. The smallest absolute Gasteiger partial charge is 0.242 e. The van der Waals surface area contributed by atoms with Crippen LogP contribution in [0.5, 0.6) is 5.75 Å². The summed E-state index contributed by atoms with van der Waals surface area (Å²) in [4.78, 5) is 21.1. The molecule has 1 atom stereocenters. The van der Waals surface area contributed by atoms with E-state index in [1.807, 2.05) is 36.6 Å². The van der Waals surface area contributed by atoms with Crippen molar-refractivity contribution in [1.29, 1.82) is 0 Å². The molecule has 0 spiro atoms. The zero-order chi connectivity index (χ0) is 22.2. The maximum absolute atomic E-state index is 14.4. The van der Waals surface area contributed by atoms with Crippen LogP contribution in [0.4, 0.5) is 4.39 Å². The second-order valence-corrected chi connectivity index (χ2v) is 8.45. The van der Waals surface area contributed by atoms with Gasteiger partial charge in [0, 0.05) is 31.1 Å². The van der Waals surface area contributed by atoms with Crippen LogP contribution in [-0.4, -0.2) is 64.5 Å². The third-order valence-corrected chi connectivity index (χ3v) is 5.59. The number of carbonyl (C=O) groups is 1. The minimum absolute atomic E-state index is 0.123. The summed E-state index contributed by atoms with van der Waals surface area (Å²) in [5, 5.41) is 11.2. The van der Waals surface area contributed by atoms with Gasteiger partial charge in [0.2, 0.25) is 5.91 Å². The summed E-state index contributed by atoms with van der Waals surface area (Å²) in [5.41, 5.74) is 0.491. The number of amides is 1. The van der Waals surface area contributed by atoms with E-state index in [1.165, 1.54) is 6.07 Å². The Bertz CT molecular complexity index is 1050. The molecule has 3 heterocycles. The normalized spacial score (nSPS) is 21.6. The number of ether oxygens (including phenoxy) is 1. The first-order valence-electron chi connectivity index (χ1n) is 10.7. The maximum atomic E-state index is 14.4. The molecule has 1 aromatic heterocycles. The Hall–Kier alpha value is -3.10. The summed E-state index contributed by atoms with van der Waals surface area (Å²) in [5.74, 6) is 0.690. The Morgan fingerprint density at radius 1 is 1.32 bits per heavy atom. The molecule has 1 saturated heterocycles. The fourth-order valence-electron chi connectivity index (χ4n) is 4.06. The molecule has 1 fully saturated rings. The molecule has 0 bridgehead atoms. The largest absolute Gasteiger partial charge is 0.488 e. The van der Waals surface area contributed by atoms with Crippen LogP contribution < -0.4 is 10.1 Å². The molecule has 2 aliphatic rings. The number of carbonyl (C=O) groups excluding carboxylic acids is 1. The van der Waals surface area contributed by atoms with Gasteiger partial charge in [-0.05, 0) is 39.3 Å². The van der Waals surface area contributed by atoms with Gasteiger partial charge in [0.05, 0.1) is 30.2 Å². The molecule has 8 nitrogen and oxygen atoms in total. The van der Waals surface area contributed by atoms with Crippen LogP contribution in [0.2, 0.25) is 0 Å². The molecule has 1 amide bonds. The predicted octanol–water partition coefficient (Wildman–Crippen LogP) is 2.73. The first-order chi connectivity index (χ1) is 14.8. The van der Waals surface area contributed by atoms with Crippen molar-refractivity contribution >= 4 is 23.1 Å². The van der Waals surface area contributed by atoms with E-state index in [-0.39, 0.29) is 17.8 Å². The molecule has 2 aliphatic heterocycles. The van der Waals surface area contributed by atoms with Gasteiger partial charge < -0.3 is 19.9 Å². The number of hydrogen-bond donors (Lipinski definition) is 2. The third-order valence-electron chi connectivity index (χ3n) is 5.59. The lowest BCUT2D eigenvalue weighted by Gasteiger charge is -2.38. The Morgan fingerprint density at radius 2 is 2.13 bits per heavy atom. The van der Waals surface area contributed by atoms with E-state index in [0.717, 1.165) is 36.4 Å². The van der Waals surface area contributed by atoms with E-state index < -0.39 is 11.4 Å². The van der Waals surface area contributed by atoms with Crippen LogP contribution in [-0.2, 0) is 10.3 Å². The molecule has 166 valence electrons. The zero-order valence-corrected chi connectivity index (χ0v) is 18.4. The monoisotopic (exact) mass is 428 g/mol. The first-order valence-corrected chi connectivity index (χ1v) is 10.7. The van der Waals surface area contributed by atoms with E-state index >= 15 is 0 Å². The van der Waals surface area contributed by atoms with Crippen molar-refractivity contribution in [1.82, 2.24) is 25.3 Å². The highest BCUT2D eigenvalue weighted by atomic mass is 19.1. The second-order valence-electron chi connectivity index (χ2n) is 8.45. The summed E-state index contributed by atoms with van der Waals surface area (Å²) >= 11 is 0. The van der Waals surface area contributed by atoms with Crippen molar-refractivity contribution in [2.75, 3.05) is 26.2 Å². The van der Waals surface area contributed by atoms with Crippen molar-refractivity contribution in [2.45, 2.75) is 45.8 Å². The number of fused-ring (bicyclic) bond motifs is 1. The highest BCUT2D eigenvalue weighted by Gasteiger charge is 2.33. The van der Waals surface area contributed by atoms with E-state index in [4.69, 9.17) is 4.74 Å². The van der Waals surface area contributed by atoms with Gasteiger partial charge >= 0.3 is 0 Å². The number of H-pyrrole nitrogens is 1. The number of halogens is 1. The summed E-state index contributed by atoms with van der Waals surface area (Å²) in [6.45, 7) is 10.3. The second kappa shape index (κ2) is 8.20. The fourth-order valence-corrected chi connectivity index (χ4v) is 4.06. The molecule has 2 N–H and O–H groups in total. The Kier molecular flexibility index (Phi) is 5.60. The number of nitrogens with one attached hydrogen (secondary N) is 2. The standard InChI is InChI=1S/C22H29FN6O2/c1-5-6-28-7-8-29(12-20(28)30)19-11-22(4,25-13-24-19)21-15-9-18(31-14(2)3)16(23)10-17(15)26-27-21/h9-11,13-14H,5-8,12H2,1-4H3,(H,24,25)(H,26,27). The minimum Gasteiger partial charge on any atom is -0.488 e. The molecule has 4 rings (SSSR count). The van der Waals surface area contributed by atoms with Crippen molar-refractivity contribution < 1.29 is 13.9 Å². The Balaban J connectivity index is 1.65. The van der Waals surface area contributed by atoms with Crippen LogP contribution >= 0.6 is 0 Å². The summed E-state index contributed by atoms with van der Waals surface area (Å²) in [6, 6.07) is 3.05. The van der Waals surface area contributed by atoms with Crippen molar-refractivity contribution in [3.63, 3.8) is 0 Å². The van der Waals surface area contributed by atoms with Gasteiger partial charge in [-0.1, -0.05) is 6.92 Å². The maximum Gasteiger partial charge on any atom is 0.242 e. The van der Waals surface area contributed by atoms with E-state index in [1.54, 1.807) is 12.4 Å². The lowest BCUT2D eigenvalue weighted by atomic mass is 9.94. The molecular weight excluding hydrogens is 399 g/mol. The van der Waals surface area contributed by atoms with Crippen molar-refractivity contribution in [3.8, 4) is 5.75 Å². The number of aromatic amines is 1. The zero-order valence-electron chi connectivity index (χ0n) is 18.4. The molecule has 2 aromatic rings. The summed E-state index contributed by atoms with van der Waals surface area (Å²) < 4.78 is 20.0. The van der Waals surface area contributed by atoms with Gasteiger partial charge in [-0.3, -0.25) is 14.9 Å². The summed E-state index contributed by atoms with van der Waals surface area (Å²) in [6.07, 6.45) is 4.42. The number of aliphatic imine (C=N–C) groups is 1. The number of nitrogens with zero attached hydrogens (tertiary/aromatic N) is 4. The highest BCUT2D eigenvalue weighted by molar-refractivity contribution is 5.85. The topological polar surface area (TPSA) is 85.8 Å². The molecule has 0 saturated carbocycles. The minimum atomic E-state index is -0.758. The van der Waals surface area contributed by atoms with E-state index in [9.17, 15) is 9.18 Å². The first kappa shape index (κ1) is 21.1. The summed E-state index contributed by atoms with van der Waals surface area (Å²) in [7, 11) is 0. The van der Waals surface area contributed by atoms with E-state index in [0.29, 0.717) is 18.6 Å². The molecule has 0 radical (unpaired) electrons. The van der Waals surface area contributed by atoms with Crippen LogP contribution in [0.1, 0.15) is 39.8 Å². The molecule has 1 unspecified atom stereocenters. The van der Waals surface area contributed by atoms with Crippen molar-refractivity contribution in [2.24, 2.45) is 4.99 Å². The van der Waals surface area contributed by atoms with Crippen LogP contribution in [0.3, 0.4) is 0 Å². The molecule has 1 aromatic carbocycles. The van der Waals surface area contributed by atoms with Gasteiger partial charge in [-0.2, -0.15) is 5.10 Å². The van der Waals surface area contributed by atoms with Gasteiger partial charge in [-0.25, -0.2) is 4.39 Å². The molecule has 9 heteroatoms. The molecule has 31 heavy (non-hydrogen) atoms. The third kappa shape index (κ3) is 4.08. The highest BCUT2D eigenvalue weighted by Crippen LogP contribution is 2.36. The number of aromatic nitrogens is 2. The Morgan fingerprint density at radius 3 is 2.84 bits per heavy atom. The quantitative estimate of drug-likeness (QED) is 0.739.